The smallest absolute Gasteiger partial charge is 0.0480 e. The summed E-state index contributed by atoms with van der Waals surface area (Å²) in [6, 6.07) is 12.1. The van der Waals surface area contributed by atoms with Crippen LogP contribution >= 0.6 is 15.9 Å². The van der Waals surface area contributed by atoms with Crippen molar-refractivity contribution in [1.29, 1.82) is 0 Å². The molecule has 2 aromatic rings. The van der Waals surface area contributed by atoms with Crippen molar-refractivity contribution in [3.05, 3.63) is 58.1 Å². The molecule has 2 rings (SSSR count). The van der Waals surface area contributed by atoms with Gasteiger partial charge in [0.15, 0.2) is 0 Å². The fraction of sp³-hybridized carbons (Fsp3) is 0.636. The predicted molar refractivity (Wildman–Crippen MR) is 168 cm³/mol. The summed E-state index contributed by atoms with van der Waals surface area (Å²) < 4.78 is 2.45. The molecule has 2 aromatic carbocycles. The molecule has 0 fully saturated rings. The molecule has 0 N–H and O–H groups in total. The van der Waals surface area contributed by atoms with Gasteiger partial charge in [-0.3, -0.25) is 0 Å². The molecular formula is C33H53NP2. The summed E-state index contributed by atoms with van der Waals surface area (Å²) in [4.78, 5) is 0. The van der Waals surface area contributed by atoms with Crippen molar-refractivity contribution < 1.29 is 0 Å². The molecule has 3 heteroatoms. The largest absolute Gasteiger partial charge is 0.324 e. The molecule has 0 saturated carbocycles. The Labute approximate surface area is 227 Å². The van der Waals surface area contributed by atoms with Crippen LogP contribution in [0.15, 0.2) is 30.3 Å². The molecule has 0 heterocycles. The summed E-state index contributed by atoms with van der Waals surface area (Å²) in [5, 5.41) is 1.50. The highest BCUT2D eigenvalue weighted by Gasteiger charge is 2.29. The lowest BCUT2D eigenvalue weighted by Crippen LogP contribution is -2.29. The van der Waals surface area contributed by atoms with Crippen LogP contribution in [0.3, 0.4) is 0 Å². The number of rotatable bonds is 3. The van der Waals surface area contributed by atoms with Crippen LogP contribution in [0.25, 0.3) is 0 Å². The van der Waals surface area contributed by atoms with Gasteiger partial charge in [-0.2, -0.15) is 0 Å². The summed E-state index contributed by atoms with van der Waals surface area (Å²) in [6.45, 7) is 35.1. The van der Waals surface area contributed by atoms with Crippen LogP contribution in [0.5, 0.6) is 0 Å². The van der Waals surface area contributed by atoms with Crippen molar-refractivity contribution in [2.75, 3.05) is 11.7 Å². The Kier molecular flexibility index (Phi) is 8.79. The zero-order valence-corrected chi connectivity index (χ0v) is 28.0. The Bertz CT molecular complexity index is 1070. The molecular weight excluding hydrogens is 472 g/mol. The molecule has 0 atom stereocenters. The van der Waals surface area contributed by atoms with Gasteiger partial charge in [0.2, 0.25) is 0 Å². The number of hydrogen-bond acceptors (Lipinski definition) is 0. The van der Waals surface area contributed by atoms with Crippen molar-refractivity contribution in [3.8, 4) is 0 Å². The Morgan fingerprint density at radius 2 is 0.889 bits per heavy atom. The highest BCUT2D eigenvalue weighted by Crippen LogP contribution is 2.41. The maximum absolute atomic E-state index is 2.49. The van der Waals surface area contributed by atoms with Gasteiger partial charge in [0.1, 0.15) is 0 Å². The lowest BCUT2D eigenvalue weighted by atomic mass is 9.75. The van der Waals surface area contributed by atoms with Gasteiger partial charge in [-0.15, -0.1) is 0 Å². The average Bonchev–Trinajstić information content (AvgIpc) is 2.67. The van der Waals surface area contributed by atoms with Crippen molar-refractivity contribution in [2.45, 2.75) is 131 Å². The van der Waals surface area contributed by atoms with E-state index in [2.05, 4.69) is 146 Å². The first kappa shape index (κ1) is 31.1. The molecule has 0 bridgehead atoms. The maximum atomic E-state index is 2.49. The van der Waals surface area contributed by atoms with Crippen LogP contribution in [-0.2, 0) is 27.1 Å². The minimum atomic E-state index is 0.0821. The number of anilines is 1. The zero-order valence-electron chi connectivity index (χ0n) is 26.2. The van der Waals surface area contributed by atoms with E-state index >= 15 is 0 Å². The lowest BCUT2D eigenvalue weighted by Gasteiger charge is -2.32. The third kappa shape index (κ3) is 7.45. The summed E-state index contributed by atoms with van der Waals surface area (Å²) >= 11 is 0. The third-order valence-electron chi connectivity index (χ3n) is 6.89. The monoisotopic (exact) mass is 525 g/mol. The van der Waals surface area contributed by atoms with Gasteiger partial charge in [-0.25, -0.2) is 0 Å². The van der Waals surface area contributed by atoms with Gasteiger partial charge in [0.05, 0.1) is 0 Å². The van der Waals surface area contributed by atoms with Crippen LogP contribution in [0.1, 0.15) is 132 Å². The quantitative estimate of drug-likeness (QED) is 0.360. The van der Waals surface area contributed by atoms with E-state index < -0.39 is 0 Å². The summed E-state index contributed by atoms with van der Waals surface area (Å²) in [6.07, 6.45) is 0. The van der Waals surface area contributed by atoms with Crippen molar-refractivity contribution in [2.24, 2.45) is 0 Å². The van der Waals surface area contributed by atoms with Crippen molar-refractivity contribution in [1.82, 2.24) is 0 Å². The van der Waals surface area contributed by atoms with Gasteiger partial charge in [-0.1, -0.05) is 128 Å². The van der Waals surface area contributed by atoms with Crippen LogP contribution in [0.2, 0.25) is 0 Å². The van der Waals surface area contributed by atoms with E-state index in [1.807, 2.05) is 0 Å². The van der Waals surface area contributed by atoms with Gasteiger partial charge in [-0.05, 0) is 68.8 Å². The standard InChI is InChI=1S/C33H53NP2/c1-29(2,3)22-17-18-27(24(19-22)31(7,8)9)34(16)36-35-28-25(32(10,11)12)20-23(30(4,5)6)21-26(28)33(13,14)15/h17-21H,1-16H3. The van der Waals surface area contributed by atoms with E-state index in [-0.39, 0.29) is 27.1 Å². The number of hydrogen-bond donors (Lipinski definition) is 0. The Hall–Kier alpha value is -1.16. The van der Waals surface area contributed by atoms with E-state index in [4.69, 9.17) is 0 Å². The summed E-state index contributed by atoms with van der Waals surface area (Å²) in [5.41, 5.74) is 9.11. The minimum Gasteiger partial charge on any atom is -0.324 e. The average molecular weight is 526 g/mol. The summed E-state index contributed by atoms with van der Waals surface area (Å²) in [7, 11) is 4.88. The Morgan fingerprint density at radius 1 is 0.500 bits per heavy atom. The second-order valence-electron chi connectivity index (χ2n) is 15.6. The molecule has 200 valence electrons. The normalized spacial score (nSPS) is 14.0. The molecule has 0 unspecified atom stereocenters. The van der Waals surface area contributed by atoms with Crippen LogP contribution in [0, 0.1) is 0 Å². The molecule has 0 radical (unpaired) electrons. The van der Waals surface area contributed by atoms with E-state index in [1.54, 1.807) is 0 Å². The topological polar surface area (TPSA) is 3.24 Å². The third-order valence-corrected chi connectivity index (χ3v) is 9.82. The van der Waals surface area contributed by atoms with Gasteiger partial charge in [0.25, 0.3) is 0 Å². The fourth-order valence-electron chi connectivity index (χ4n) is 4.36. The van der Waals surface area contributed by atoms with Gasteiger partial charge in [0, 0.05) is 26.1 Å². The van der Waals surface area contributed by atoms with E-state index in [0.29, 0.717) is 0 Å². The lowest BCUT2D eigenvalue weighted by molar-refractivity contribution is 0.554. The summed E-state index contributed by atoms with van der Waals surface area (Å²) in [5.74, 6) is 0. The first-order valence-electron chi connectivity index (χ1n) is 13.4. The van der Waals surface area contributed by atoms with Gasteiger partial charge >= 0.3 is 0 Å². The first-order valence-corrected chi connectivity index (χ1v) is 15.9. The molecule has 0 aromatic heterocycles. The highest BCUT2D eigenvalue weighted by atomic mass is 31.7. The zero-order chi connectivity index (χ0) is 28.1. The second kappa shape index (κ2) is 10.2. The fourth-order valence-corrected chi connectivity index (χ4v) is 7.48. The molecule has 0 aliphatic rings. The first-order chi connectivity index (χ1) is 15.9. The maximum Gasteiger partial charge on any atom is 0.0480 e. The van der Waals surface area contributed by atoms with E-state index in [1.165, 1.54) is 54.7 Å². The van der Waals surface area contributed by atoms with Crippen LogP contribution < -0.4 is 9.97 Å². The van der Waals surface area contributed by atoms with E-state index in [9.17, 15) is 0 Å². The number of benzene rings is 2. The highest BCUT2D eigenvalue weighted by molar-refractivity contribution is 7.88. The van der Waals surface area contributed by atoms with Crippen LogP contribution in [0.4, 0.5) is 5.69 Å². The molecule has 0 amide bonds. The molecule has 0 aliphatic heterocycles. The Balaban J connectivity index is 2.75. The number of nitrogens with zero attached hydrogens (tertiary/aromatic N) is 1. The Morgan fingerprint density at radius 3 is 1.25 bits per heavy atom. The minimum absolute atomic E-state index is 0.0821. The molecule has 0 aliphatic carbocycles. The molecule has 0 saturated heterocycles. The van der Waals surface area contributed by atoms with Crippen molar-refractivity contribution in [3.63, 3.8) is 0 Å². The molecule has 36 heavy (non-hydrogen) atoms. The van der Waals surface area contributed by atoms with Gasteiger partial charge < -0.3 is 4.67 Å². The van der Waals surface area contributed by atoms with Crippen molar-refractivity contribution >= 4 is 26.9 Å². The molecule has 0 spiro atoms. The van der Waals surface area contributed by atoms with Crippen LogP contribution in [-0.4, -0.2) is 7.05 Å². The second-order valence-corrected chi connectivity index (χ2v) is 18.2. The predicted octanol–water partition coefficient (Wildman–Crippen LogP) is 10.7. The SMILES string of the molecule is CN(P=Pc1c(C(C)(C)C)cc(C(C)(C)C)cc1C(C)(C)C)c1ccc(C(C)(C)C)cc1C(C)(C)C. The molecule has 1 nitrogen and oxygen atoms in total. The van der Waals surface area contributed by atoms with E-state index in [0.717, 1.165) is 0 Å².